The van der Waals surface area contributed by atoms with Gasteiger partial charge in [0, 0.05) is 38.4 Å². The van der Waals surface area contributed by atoms with E-state index in [0.29, 0.717) is 37.0 Å². The number of nitrogens with zero attached hydrogens (tertiary/aromatic N) is 1. The summed E-state index contributed by atoms with van der Waals surface area (Å²) in [7, 11) is 1.66. The topological polar surface area (TPSA) is 64.1 Å². The minimum Gasteiger partial charge on any atom is -0.493 e. The summed E-state index contributed by atoms with van der Waals surface area (Å²) in [5.74, 6) is 1.18. The normalized spacial score (nSPS) is 17.4. The Morgan fingerprint density at radius 1 is 1.38 bits per heavy atom. The van der Waals surface area contributed by atoms with Crippen molar-refractivity contribution >= 4 is 5.96 Å². The minimum atomic E-state index is -2.90. The Labute approximate surface area is 152 Å². The number of halogens is 2. The van der Waals surface area contributed by atoms with Crippen molar-refractivity contribution in [2.75, 3.05) is 26.8 Å². The molecule has 1 atom stereocenters. The van der Waals surface area contributed by atoms with Gasteiger partial charge in [0.25, 0.3) is 0 Å². The maximum atomic E-state index is 12.7. The molecule has 0 spiro atoms. The van der Waals surface area contributed by atoms with E-state index in [-0.39, 0.29) is 11.9 Å². The lowest BCUT2D eigenvalue weighted by Gasteiger charge is -2.17. The van der Waals surface area contributed by atoms with Crippen LogP contribution in [-0.4, -0.2) is 45.5 Å². The van der Waals surface area contributed by atoms with E-state index in [2.05, 4.69) is 20.4 Å². The van der Waals surface area contributed by atoms with Crippen LogP contribution in [0.1, 0.15) is 31.7 Å². The molecule has 0 bridgehead atoms. The van der Waals surface area contributed by atoms with Crippen LogP contribution in [0.4, 0.5) is 8.78 Å². The Balaban J connectivity index is 1.94. The molecule has 2 rings (SSSR count). The molecule has 1 fully saturated rings. The lowest BCUT2D eigenvalue weighted by molar-refractivity contribution is -0.0505. The third-order valence-electron chi connectivity index (χ3n) is 3.92. The fraction of sp³-hybridized carbons (Fsp3) is 0.611. The molecule has 0 amide bonds. The number of alkyl halides is 2. The van der Waals surface area contributed by atoms with Crippen molar-refractivity contribution in [3.8, 4) is 11.5 Å². The van der Waals surface area contributed by atoms with Crippen LogP contribution in [0.15, 0.2) is 23.2 Å². The fourth-order valence-corrected chi connectivity index (χ4v) is 2.61. The number of hydrogen-bond acceptors (Lipinski definition) is 4. The zero-order valence-electron chi connectivity index (χ0n) is 15.3. The van der Waals surface area contributed by atoms with Crippen LogP contribution in [0.3, 0.4) is 0 Å². The number of nitrogens with one attached hydrogen (secondary N) is 2. The second-order valence-corrected chi connectivity index (χ2v) is 5.94. The quantitative estimate of drug-likeness (QED) is 0.516. The predicted octanol–water partition coefficient (Wildman–Crippen LogP) is 2.92. The summed E-state index contributed by atoms with van der Waals surface area (Å²) in [5, 5.41) is 6.28. The largest absolute Gasteiger partial charge is 0.493 e. The number of rotatable bonds is 9. The van der Waals surface area contributed by atoms with Crippen molar-refractivity contribution in [1.29, 1.82) is 0 Å². The van der Waals surface area contributed by atoms with Gasteiger partial charge in [0.05, 0.1) is 12.7 Å². The summed E-state index contributed by atoms with van der Waals surface area (Å²) in [6, 6.07) is 4.94. The van der Waals surface area contributed by atoms with E-state index in [1.165, 1.54) is 6.07 Å². The van der Waals surface area contributed by atoms with E-state index < -0.39 is 6.61 Å². The van der Waals surface area contributed by atoms with E-state index in [4.69, 9.17) is 9.47 Å². The number of aliphatic imine (C=N–C) groups is 1. The second kappa shape index (κ2) is 10.8. The third kappa shape index (κ3) is 6.67. The minimum absolute atomic E-state index is 0.0932. The average molecular weight is 371 g/mol. The lowest BCUT2D eigenvalue weighted by Crippen LogP contribution is -2.40. The number of hydrogen-bond donors (Lipinski definition) is 2. The predicted molar refractivity (Wildman–Crippen MR) is 96.0 cm³/mol. The van der Waals surface area contributed by atoms with Crippen molar-refractivity contribution in [1.82, 2.24) is 10.6 Å². The van der Waals surface area contributed by atoms with Crippen LogP contribution in [0, 0.1) is 0 Å². The van der Waals surface area contributed by atoms with Gasteiger partial charge in [-0.25, -0.2) is 0 Å². The SMILES string of the molecule is CCCOc1ccc(CNC(=NC)NCC2CCCO2)c(OC(F)F)c1. The number of benzene rings is 1. The monoisotopic (exact) mass is 371 g/mol. The first-order chi connectivity index (χ1) is 12.6. The van der Waals surface area contributed by atoms with Crippen LogP contribution in [0.5, 0.6) is 11.5 Å². The highest BCUT2D eigenvalue weighted by atomic mass is 19.3. The molecule has 0 radical (unpaired) electrons. The molecule has 1 aromatic carbocycles. The average Bonchev–Trinajstić information content (AvgIpc) is 3.14. The Morgan fingerprint density at radius 2 is 2.23 bits per heavy atom. The summed E-state index contributed by atoms with van der Waals surface area (Å²) in [4.78, 5) is 4.14. The molecule has 1 aromatic rings. The van der Waals surface area contributed by atoms with E-state index >= 15 is 0 Å². The number of ether oxygens (including phenoxy) is 3. The summed E-state index contributed by atoms with van der Waals surface area (Å²) in [6.07, 6.45) is 3.11. The van der Waals surface area contributed by atoms with Crippen LogP contribution < -0.4 is 20.1 Å². The van der Waals surface area contributed by atoms with Gasteiger partial charge in [0.15, 0.2) is 5.96 Å². The highest BCUT2D eigenvalue weighted by Gasteiger charge is 2.16. The zero-order valence-corrected chi connectivity index (χ0v) is 15.3. The van der Waals surface area contributed by atoms with Gasteiger partial charge in [0.2, 0.25) is 0 Å². The van der Waals surface area contributed by atoms with E-state index in [9.17, 15) is 8.78 Å². The molecule has 146 valence electrons. The van der Waals surface area contributed by atoms with Gasteiger partial charge < -0.3 is 24.8 Å². The number of guanidine groups is 1. The first-order valence-corrected chi connectivity index (χ1v) is 8.89. The van der Waals surface area contributed by atoms with Crippen molar-refractivity contribution in [3.63, 3.8) is 0 Å². The maximum Gasteiger partial charge on any atom is 0.387 e. The fourth-order valence-electron chi connectivity index (χ4n) is 2.61. The molecule has 0 saturated carbocycles. The molecule has 0 aromatic heterocycles. The summed E-state index contributed by atoms with van der Waals surface area (Å²) in [5.41, 5.74) is 0.592. The molecule has 6 nitrogen and oxygen atoms in total. The molecule has 2 N–H and O–H groups in total. The van der Waals surface area contributed by atoms with Crippen LogP contribution in [-0.2, 0) is 11.3 Å². The highest BCUT2D eigenvalue weighted by Crippen LogP contribution is 2.26. The first-order valence-electron chi connectivity index (χ1n) is 8.89. The molecular formula is C18H27F2N3O3. The van der Waals surface area contributed by atoms with Gasteiger partial charge in [-0.1, -0.05) is 6.92 Å². The second-order valence-electron chi connectivity index (χ2n) is 5.94. The molecule has 1 saturated heterocycles. The van der Waals surface area contributed by atoms with E-state index in [1.54, 1.807) is 19.2 Å². The van der Waals surface area contributed by atoms with Gasteiger partial charge in [-0.2, -0.15) is 8.78 Å². The summed E-state index contributed by atoms with van der Waals surface area (Å²) in [6.45, 7) is 1.34. The third-order valence-corrected chi connectivity index (χ3v) is 3.92. The van der Waals surface area contributed by atoms with Crippen LogP contribution in [0.25, 0.3) is 0 Å². The van der Waals surface area contributed by atoms with Crippen molar-refractivity contribution < 1.29 is 23.0 Å². The molecule has 1 heterocycles. The van der Waals surface area contributed by atoms with Gasteiger partial charge in [-0.3, -0.25) is 4.99 Å². The Bertz CT molecular complexity index is 579. The highest BCUT2D eigenvalue weighted by molar-refractivity contribution is 5.79. The molecule has 26 heavy (non-hydrogen) atoms. The zero-order chi connectivity index (χ0) is 18.8. The standard InChI is InChI=1S/C18H27F2N3O3/c1-3-8-24-14-7-6-13(16(10-14)26-17(19)20)11-22-18(21-2)23-12-15-5-4-9-25-15/h6-7,10,15,17H,3-5,8-9,11-12H2,1-2H3,(H2,21,22,23). The van der Waals surface area contributed by atoms with E-state index in [1.807, 2.05) is 6.92 Å². The van der Waals surface area contributed by atoms with E-state index in [0.717, 1.165) is 25.9 Å². The molecule has 8 heteroatoms. The van der Waals surface area contributed by atoms with Gasteiger partial charge in [-0.15, -0.1) is 0 Å². The van der Waals surface area contributed by atoms with Crippen molar-refractivity contribution in [2.24, 2.45) is 4.99 Å². The van der Waals surface area contributed by atoms with Crippen molar-refractivity contribution in [3.05, 3.63) is 23.8 Å². The summed E-state index contributed by atoms with van der Waals surface area (Å²) < 4.78 is 41.1. The smallest absolute Gasteiger partial charge is 0.387 e. The molecule has 1 aliphatic rings. The lowest BCUT2D eigenvalue weighted by atomic mass is 10.2. The van der Waals surface area contributed by atoms with Gasteiger partial charge in [0.1, 0.15) is 11.5 Å². The maximum absolute atomic E-state index is 12.7. The molecule has 1 aliphatic heterocycles. The molecule has 1 unspecified atom stereocenters. The van der Waals surface area contributed by atoms with Crippen LogP contribution >= 0.6 is 0 Å². The molecular weight excluding hydrogens is 344 g/mol. The Hall–Kier alpha value is -2.09. The molecule has 0 aliphatic carbocycles. The van der Waals surface area contributed by atoms with Crippen molar-refractivity contribution in [2.45, 2.75) is 45.4 Å². The van der Waals surface area contributed by atoms with Gasteiger partial charge >= 0.3 is 6.61 Å². The first kappa shape index (κ1) is 20.2. The van der Waals surface area contributed by atoms with Crippen LogP contribution in [0.2, 0.25) is 0 Å². The Kier molecular flexibility index (Phi) is 8.40. The van der Waals surface area contributed by atoms with Gasteiger partial charge in [-0.05, 0) is 31.4 Å². The summed E-state index contributed by atoms with van der Waals surface area (Å²) >= 11 is 0. The Morgan fingerprint density at radius 3 is 2.88 bits per heavy atom.